The van der Waals surface area contributed by atoms with Gasteiger partial charge < -0.3 is 13.7 Å². The molecule has 2 heterocycles. The number of furan rings is 1. The number of anilines is 3. The van der Waals surface area contributed by atoms with Gasteiger partial charge in [-0.15, -0.1) is 0 Å². The summed E-state index contributed by atoms with van der Waals surface area (Å²) in [6.45, 7) is 0. The van der Waals surface area contributed by atoms with Crippen molar-refractivity contribution in [3.8, 4) is 11.5 Å². The molecule has 0 atom stereocenters. The van der Waals surface area contributed by atoms with Gasteiger partial charge in [0, 0.05) is 38.8 Å². The first-order chi connectivity index (χ1) is 30.7. The smallest absolute Gasteiger partial charge is 0.227 e. The highest BCUT2D eigenvalue weighted by molar-refractivity contribution is 7.19. The predicted molar refractivity (Wildman–Crippen MR) is 260 cm³/mol. The number of oxazole rings is 1. The number of rotatable bonds is 8. The molecule has 10 aromatic carbocycles. The molecule has 12 aromatic rings. The van der Waals surface area contributed by atoms with Gasteiger partial charge in [0.2, 0.25) is 5.89 Å². The molecule has 292 valence electrons. The van der Waals surface area contributed by atoms with Crippen molar-refractivity contribution < 1.29 is 8.83 Å². The molecule has 5 heteroatoms. The standard InChI is InChI=1S/C57H38N2O2Si/c1-5-16-41(17-6-1)57-58-52-34-31-40-29-28-39-30-32-43(37-50(39)55(40)56(52)61-57)59(44-33-35-54-51(38-44)49-26-13-14-27-53(49)60-54)42-18-15-25-48(36-42)62(45-19-7-2-8-20-45,46-21-9-3-10-22-46)47-23-11-4-12-24-47/h1-38H. The normalized spacial score (nSPS) is 11.9. The van der Waals surface area contributed by atoms with E-state index in [1.807, 2.05) is 42.5 Å². The Kier molecular flexibility index (Phi) is 8.47. The minimum absolute atomic E-state index is 0.614. The maximum Gasteiger partial charge on any atom is 0.227 e. The van der Waals surface area contributed by atoms with Crippen molar-refractivity contribution in [2.75, 3.05) is 4.90 Å². The van der Waals surface area contributed by atoms with Crippen LogP contribution in [0.4, 0.5) is 17.1 Å². The van der Waals surface area contributed by atoms with E-state index < -0.39 is 8.07 Å². The van der Waals surface area contributed by atoms with E-state index in [0.29, 0.717) is 5.89 Å². The van der Waals surface area contributed by atoms with E-state index in [4.69, 9.17) is 13.8 Å². The fourth-order valence-corrected chi connectivity index (χ4v) is 14.4. The summed E-state index contributed by atoms with van der Waals surface area (Å²) in [5.41, 5.74) is 7.42. The van der Waals surface area contributed by atoms with Crippen molar-refractivity contribution in [1.29, 1.82) is 0 Å². The van der Waals surface area contributed by atoms with E-state index in [-0.39, 0.29) is 0 Å². The Hall–Kier alpha value is -7.99. The largest absolute Gasteiger partial charge is 0.456 e. The zero-order valence-corrected chi connectivity index (χ0v) is 34.7. The van der Waals surface area contributed by atoms with Gasteiger partial charge in [0.05, 0.1) is 0 Å². The summed E-state index contributed by atoms with van der Waals surface area (Å²) < 4.78 is 13.0. The van der Waals surface area contributed by atoms with Gasteiger partial charge in [0.25, 0.3) is 0 Å². The third-order valence-electron chi connectivity index (χ3n) is 12.4. The maximum absolute atomic E-state index is 6.67. The molecule has 0 saturated heterocycles. The second-order valence-electron chi connectivity index (χ2n) is 15.9. The Bertz CT molecular complexity index is 3490. The van der Waals surface area contributed by atoms with Crippen LogP contribution in [-0.4, -0.2) is 13.1 Å². The third-order valence-corrected chi connectivity index (χ3v) is 17.2. The van der Waals surface area contributed by atoms with Crippen LogP contribution in [0.1, 0.15) is 0 Å². The molecular weight excluding hydrogens is 773 g/mol. The number of hydrogen-bond donors (Lipinski definition) is 0. The summed E-state index contributed by atoms with van der Waals surface area (Å²) in [6.07, 6.45) is 0. The molecule has 2 aromatic heterocycles. The van der Waals surface area contributed by atoms with Crippen molar-refractivity contribution in [2.45, 2.75) is 0 Å². The van der Waals surface area contributed by atoms with Gasteiger partial charge in [0.1, 0.15) is 16.7 Å². The monoisotopic (exact) mass is 810 g/mol. The van der Waals surface area contributed by atoms with E-state index in [1.165, 1.54) is 20.7 Å². The highest BCUT2D eigenvalue weighted by Gasteiger charge is 2.41. The van der Waals surface area contributed by atoms with E-state index in [2.05, 4.69) is 193 Å². The summed E-state index contributed by atoms with van der Waals surface area (Å²) in [5.74, 6) is 0.614. The average molecular weight is 811 g/mol. The number of hydrogen-bond acceptors (Lipinski definition) is 4. The lowest BCUT2D eigenvalue weighted by atomic mass is 10.00. The van der Waals surface area contributed by atoms with Gasteiger partial charge in [0.15, 0.2) is 13.7 Å². The Morgan fingerprint density at radius 3 is 1.61 bits per heavy atom. The molecule has 0 aliphatic carbocycles. The Balaban J connectivity index is 1.13. The molecular formula is C57H38N2O2Si. The van der Waals surface area contributed by atoms with Crippen LogP contribution in [0, 0.1) is 0 Å². The van der Waals surface area contributed by atoms with Crippen LogP contribution in [0.15, 0.2) is 239 Å². The van der Waals surface area contributed by atoms with E-state index >= 15 is 0 Å². The molecule has 0 spiro atoms. The van der Waals surface area contributed by atoms with Crippen molar-refractivity contribution >= 4 is 100 Å². The molecule has 0 radical (unpaired) electrons. The molecule has 0 saturated carbocycles. The Labute approximate surface area is 359 Å². The van der Waals surface area contributed by atoms with Crippen LogP contribution in [-0.2, 0) is 0 Å². The highest BCUT2D eigenvalue weighted by atomic mass is 28.3. The first-order valence-electron chi connectivity index (χ1n) is 21.0. The fraction of sp³-hybridized carbons (Fsp3) is 0. The summed E-state index contributed by atoms with van der Waals surface area (Å²) in [7, 11) is -2.85. The first kappa shape index (κ1) is 35.9. The molecule has 0 aliphatic heterocycles. The zero-order valence-electron chi connectivity index (χ0n) is 33.7. The molecule has 0 bridgehead atoms. The summed E-state index contributed by atoms with van der Waals surface area (Å²) in [5, 5.41) is 11.8. The topological polar surface area (TPSA) is 42.4 Å². The van der Waals surface area contributed by atoms with Gasteiger partial charge in [-0.2, -0.15) is 0 Å². The van der Waals surface area contributed by atoms with E-state index in [1.54, 1.807) is 0 Å². The zero-order chi connectivity index (χ0) is 41.0. The number of fused-ring (bicyclic) bond motifs is 8. The van der Waals surface area contributed by atoms with Gasteiger partial charge in [-0.3, -0.25) is 0 Å². The number of benzene rings is 10. The summed E-state index contributed by atoms with van der Waals surface area (Å²) >= 11 is 0. The van der Waals surface area contributed by atoms with Gasteiger partial charge in [-0.25, -0.2) is 4.98 Å². The lowest BCUT2D eigenvalue weighted by Gasteiger charge is -2.35. The van der Waals surface area contributed by atoms with Crippen LogP contribution in [0.2, 0.25) is 0 Å². The van der Waals surface area contributed by atoms with Gasteiger partial charge >= 0.3 is 0 Å². The summed E-state index contributed by atoms with van der Waals surface area (Å²) in [6, 6.07) is 83.0. The number of aromatic nitrogens is 1. The average Bonchev–Trinajstić information content (AvgIpc) is 3.95. The minimum Gasteiger partial charge on any atom is -0.456 e. The van der Waals surface area contributed by atoms with Crippen LogP contribution < -0.4 is 25.6 Å². The Morgan fingerprint density at radius 1 is 0.371 bits per heavy atom. The minimum atomic E-state index is -2.85. The van der Waals surface area contributed by atoms with Crippen molar-refractivity contribution in [2.24, 2.45) is 0 Å². The lowest BCUT2D eigenvalue weighted by Crippen LogP contribution is -2.74. The van der Waals surface area contributed by atoms with Crippen LogP contribution >= 0.6 is 0 Å². The maximum atomic E-state index is 6.67. The van der Waals surface area contributed by atoms with Crippen LogP contribution in [0.5, 0.6) is 0 Å². The second kappa shape index (κ2) is 14.6. The molecule has 62 heavy (non-hydrogen) atoms. The number of para-hydroxylation sites is 1. The van der Waals surface area contributed by atoms with Crippen LogP contribution in [0.3, 0.4) is 0 Å². The van der Waals surface area contributed by atoms with Crippen molar-refractivity contribution in [3.05, 3.63) is 231 Å². The second-order valence-corrected chi connectivity index (χ2v) is 19.7. The quantitative estimate of drug-likeness (QED) is 0.0871. The van der Waals surface area contributed by atoms with Crippen molar-refractivity contribution in [3.63, 3.8) is 0 Å². The van der Waals surface area contributed by atoms with Gasteiger partial charge in [-0.05, 0) is 104 Å². The molecule has 4 nitrogen and oxygen atoms in total. The SMILES string of the molecule is c1ccc(-c2nc3ccc4ccc5ccc(N(c6cccc([Si](c7ccccc7)(c7ccccc7)c7ccccc7)c6)c6ccc7oc8ccccc8c7c6)cc5c4c3o2)cc1. The molecule has 0 fully saturated rings. The molecule has 0 N–H and O–H groups in total. The molecule has 12 rings (SSSR count). The van der Waals surface area contributed by atoms with Gasteiger partial charge in [-0.1, -0.05) is 164 Å². The van der Waals surface area contributed by atoms with E-state index in [0.717, 1.165) is 77.2 Å². The van der Waals surface area contributed by atoms with Crippen molar-refractivity contribution in [1.82, 2.24) is 4.98 Å². The third kappa shape index (κ3) is 5.78. The molecule has 0 unspecified atom stereocenters. The molecule has 0 amide bonds. The summed E-state index contributed by atoms with van der Waals surface area (Å²) in [4.78, 5) is 7.37. The first-order valence-corrected chi connectivity index (χ1v) is 23.0. The lowest BCUT2D eigenvalue weighted by molar-refractivity contribution is 0.623. The predicted octanol–water partition coefficient (Wildman–Crippen LogP) is 12.5. The Morgan fingerprint density at radius 2 is 0.903 bits per heavy atom. The fourth-order valence-electron chi connectivity index (χ4n) is 9.60. The van der Waals surface area contributed by atoms with E-state index in [9.17, 15) is 0 Å². The van der Waals surface area contributed by atoms with Crippen LogP contribution in [0.25, 0.3) is 66.0 Å². The highest BCUT2D eigenvalue weighted by Crippen LogP contribution is 2.42. The molecule has 0 aliphatic rings. The number of nitrogens with zero attached hydrogens (tertiary/aromatic N) is 2.